The number of carbonyl (C=O) groups is 9. The van der Waals surface area contributed by atoms with Crippen LogP contribution in [0.15, 0.2) is 54.6 Å². The first-order chi connectivity index (χ1) is 31.8. The Labute approximate surface area is 390 Å². The van der Waals surface area contributed by atoms with Crippen molar-refractivity contribution >= 4 is 53.4 Å². The van der Waals surface area contributed by atoms with Gasteiger partial charge in [0.25, 0.3) is 5.91 Å². The van der Waals surface area contributed by atoms with Gasteiger partial charge in [0.05, 0.1) is 25.2 Å². The number of amides is 8. The van der Waals surface area contributed by atoms with Crippen LogP contribution in [0.25, 0.3) is 0 Å². The Morgan fingerprint density at radius 2 is 1.46 bits per heavy atom. The standard InChI is InChI=1S/C47H66N8O12/c1-7-22-55(47(66)50-34-19-18-31-16-12-13-17-33(31)34)53-44(63)37-23-32(67-26-30-14-10-9-11-15-30)25-54(37)46(65)40(27(3)4)51-45(64)41(28(5)8-2)52-42(61)35(20-21-38(57)58)49-43(62)36(24-39(59)60)48-29(6)56/h9-17,27-28,32,34-37,40-41H,7-8,18-26H2,1-6H3,(H,48,56)(H,49,62)(H,50,66)(H,51,64)(H,52,61)(H,53,63)(H,57,58)(H,59,60)/t28-,32+,34?,35+,36-,37-,40-,41-/m0/s1. The first-order valence-corrected chi connectivity index (χ1v) is 22.9. The van der Waals surface area contributed by atoms with Crippen LogP contribution in [0.5, 0.6) is 0 Å². The Balaban J connectivity index is 1.57. The van der Waals surface area contributed by atoms with E-state index in [1.165, 1.54) is 9.91 Å². The number of benzene rings is 2. The third kappa shape index (κ3) is 15.5. The number of carbonyl (C=O) groups excluding carboxylic acids is 7. The lowest BCUT2D eigenvalue weighted by Gasteiger charge is -2.33. The lowest BCUT2D eigenvalue weighted by molar-refractivity contribution is -0.144. The molecule has 0 radical (unpaired) electrons. The molecular weight excluding hydrogens is 869 g/mol. The van der Waals surface area contributed by atoms with Gasteiger partial charge < -0.3 is 46.4 Å². The maximum Gasteiger partial charge on any atom is 0.336 e. The van der Waals surface area contributed by atoms with Crippen LogP contribution in [-0.2, 0) is 56.1 Å². The smallest absolute Gasteiger partial charge is 0.336 e. The average molecular weight is 935 g/mol. The van der Waals surface area contributed by atoms with E-state index in [1.54, 1.807) is 27.7 Å². The van der Waals surface area contributed by atoms with Crippen LogP contribution in [0.3, 0.4) is 0 Å². The van der Waals surface area contributed by atoms with Crippen LogP contribution in [0.2, 0.25) is 0 Å². The minimum atomic E-state index is -1.59. The molecule has 1 aliphatic heterocycles. The van der Waals surface area contributed by atoms with E-state index in [0.29, 0.717) is 19.3 Å². The van der Waals surface area contributed by atoms with Gasteiger partial charge in [-0.15, -0.1) is 0 Å². The number of ether oxygens (including phenoxy) is 1. The van der Waals surface area contributed by atoms with E-state index >= 15 is 0 Å². The molecule has 1 saturated heterocycles. The van der Waals surface area contributed by atoms with Crippen LogP contribution in [0.1, 0.15) is 109 Å². The van der Waals surface area contributed by atoms with Crippen molar-refractivity contribution in [3.8, 4) is 0 Å². The number of rotatable bonds is 23. The Bertz CT molecular complexity index is 2070. The van der Waals surface area contributed by atoms with E-state index in [0.717, 1.165) is 30.0 Å². The number of aliphatic carboxylic acids is 2. The summed E-state index contributed by atoms with van der Waals surface area (Å²) in [4.78, 5) is 120. The lowest BCUT2D eigenvalue weighted by atomic mass is 9.95. The molecule has 1 heterocycles. The fraction of sp³-hybridized carbons (Fsp3) is 0.553. The highest BCUT2D eigenvalue weighted by atomic mass is 16.5. The summed E-state index contributed by atoms with van der Waals surface area (Å²) >= 11 is 0. The molecule has 366 valence electrons. The molecular formula is C47H66N8O12. The number of hydrazine groups is 1. The van der Waals surface area contributed by atoms with Gasteiger partial charge in [0, 0.05) is 32.9 Å². The van der Waals surface area contributed by atoms with E-state index in [-0.39, 0.29) is 32.2 Å². The molecule has 8 amide bonds. The number of carboxylic acid groups (broad SMARTS) is 2. The van der Waals surface area contributed by atoms with Gasteiger partial charge in [-0.2, -0.15) is 0 Å². The Morgan fingerprint density at radius 3 is 2.09 bits per heavy atom. The average Bonchev–Trinajstić information content (AvgIpc) is 3.91. The maximum absolute atomic E-state index is 14.7. The first kappa shape index (κ1) is 53.0. The van der Waals surface area contributed by atoms with Gasteiger partial charge in [-0.25, -0.2) is 9.80 Å². The molecule has 67 heavy (non-hydrogen) atoms. The van der Waals surface area contributed by atoms with Crippen molar-refractivity contribution < 1.29 is 58.1 Å². The minimum absolute atomic E-state index is 0.0283. The van der Waals surface area contributed by atoms with Crippen molar-refractivity contribution in [2.45, 2.75) is 142 Å². The maximum atomic E-state index is 14.7. The van der Waals surface area contributed by atoms with Crippen molar-refractivity contribution in [3.05, 3.63) is 71.3 Å². The molecule has 2 aromatic carbocycles. The van der Waals surface area contributed by atoms with Crippen molar-refractivity contribution in [3.63, 3.8) is 0 Å². The van der Waals surface area contributed by atoms with Crippen LogP contribution in [0, 0.1) is 11.8 Å². The molecule has 4 rings (SSSR count). The fourth-order valence-corrected chi connectivity index (χ4v) is 8.10. The number of fused-ring (bicyclic) bond motifs is 1. The second-order valence-electron chi connectivity index (χ2n) is 17.5. The molecule has 0 spiro atoms. The highest BCUT2D eigenvalue weighted by Crippen LogP contribution is 2.31. The van der Waals surface area contributed by atoms with E-state index in [2.05, 4.69) is 32.0 Å². The largest absolute Gasteiger partial charge is 0.481 e. The molecule has 2 aromatic rings. The predicted molar refractivity (Wildman–Crippen MR) is 243 cm³/mol. The number of likely N-dealkylation sites (tertiary alicyclic amines) is 1. The van der Waals surface area contributed by atoms with Gasteiger partial charge in [0.2, 0.25) is 29.5 Å². The number of hydrogen-bond acceptors (Lipinski definition) is 10. The summed E-state index contributed by atoms with van der Waals surface area (Å²) in [5, 5.41) is 32.9. The quantitative estimate of drug-likeness (QED) is 0.0746. The molecule has 0 saturated carbocycles. The molecule has 0 aromatic heterocycles. The van der Waals surface area contributed by atoms with Crippen molar-refractivity contribution in [1.29, 1.82) is 0 Å². The minimum Gasteiger partial charge on any atom is -0.481 e. The summed E-state index contributed by atoms with van der Waals surface area (Å²) in [5.74, 6) is -8.64. The van der Waals surface area contributed by atoms with Crippen LogP contribution in [-0.4, -0.2) is 123 Å². The van der Waals surface area contributed by atoms with E-state index < -0.39 is 121 Å². The topological polar surface area (TPSA) is 282 Å². The number of nitrogens with one attached hydrogen (secondary N) is 6. The van der Waals surface area contributed by atoms with Crippen molar-refractivity contribution in [2.75, 3.05) is 13.1 Å². The normalized spacial score (nSPS) is 18.6. The Kier molecular flexibility index (Phi) is 20.1. The first-order valence-electron chi connectivity index (χ1n) is 22.9. The summed E-state index contributed by atoms with van der Waals surface area (Å²) < 4.78 is 6.24. The van der Waals surface area contributed by atoms with Crippen LogP contribution >= 0.6 is 0 Å². The monoisotopic (exact) mass is 934 g/mol. The zero-order valence-corrected chi connectivity index (χ0v) is 39.0. The molecule has 1 unspecified atom stereocenters. The number of nitrogens with zero attached hydrogens (tertiary/aromatic N) is 2. The highest BCUT2D eigenvalue weighted by Gasteiger charge is 2.45. The molecule has 8 atom stereocenters. The SMILES string of the molecule is CCCN(NC(=O)[C@@H]1C[C@@H](OCc2ccccc2)CN1C(=O)[C@@H](NC(=O)[C@@H](NC(=O)[C@@H](CCC(=O)O)NC(=O)[C@H](CC(=O)O)NC(C)=O)[C@@H](C)CC)C(C)C)C(=O)NC1CCc2ccccc21. The molecule has 8 N–H and O–H groups in total. The summed E-state index contributed by atoms with van der Waals surface area (Å²) in [6, 6.07) is 9.58. The summed E-state index contributed by atoms with van der Waals surface area (Å²) in [5.41, 5.74) is 5.78. The number of aryl methyl sites for hydroxylation is 1. The fourth-order valence-electron chi connectivity index (χ4n) is 8.10. The van der Waals surface area contributed by atoms with E-state index in [4.69, 9.17) is 4.74 Å². The van der Waals surface area contributed by atoms with Gasteiger partial charge >= 0.3 is 18.0 Å². The second-order valence-corrected chi connectivity index (χ2v) is 17.5. The van der Waals surface area contributed by atoms with E-state index in [9.17, 15) is 53.4 Å². The molecule has 2 aliphatic rings. The van der Waals surface area contributed by atoms with Gasteiger partial charge in [0.15, 0.2) is 0 Å². The molecule has 0 bridgehead atoms. The molecule has 20 nitrogen and oxygen atoms in total. The summed E-state index contributed by atoms with van der Waals surface area (Å²) in [6.07, 6.45) is -0.0641. The predicted octanol–water partition coefficient (Wildman–Crippen LogP) is 2.31. The molecule has 1 aliphatic carbocycles. The third-order valence-corrected chi connectivity index (χ3v) is 11.9. The van der Waals surface area contributed by atoms with Gasteiger partial charge in [-0.1, -0.05) is 95.6 Å². The van der Waals surface area contributed by atoms with Crippen LogP contribution < -0.4 is 32.0 Å². The third-order valence-electron chi connectivity index (χ3n) is 11.9. The molecule has 20 heteroatoms. The lowest BCUT2D eigenvalue weighted by Crippen LogP contribution is -2.62. The van der Waals surface area contributed by atoms with E-state index in [1.807, 2.05) is 61.5 Å². The van der Waals surface area contributed by atoms with Gasteiger partial charge in [0.1, 0.15) is 30.2 Å². The van der Waals surface area contributed by atoms with Gasteiger partial charge in [-0.05, 0) is 54.2 Å². The number of hydrogen-bond donors (Lipinski definition) is 8. The second kappa shape index (κ2) is 25.4. The van der Waals surface area contributed by atoms with Crippen LogP contribution in [0.4, 0.5) is 4.79 Å². The highest BCUT2D eigenvalue weighted by molar-refractivity contribution is 5.97. The van der Waals surface area contributed by atoms with Crippen molar-refractivity contribution in [2.24, 2.45) is 11.8 Å². The molecule has 1 fully saturated rings. The zero-order chi connectivity index (χ0) is 49.4. The number of urea groups is 1. The Morgan fingerprint density at radius 1 is 0.806 bits per heavy atom. The van der Waals surface area contributed by atoms with Gasteiger partial charge in [-0.3, -0.25) is 43.8 Å². The summed E-state index contributed by atoms with van der Waals surface area (Å²) in [6.45, 7) is 10.1. The van der Waals surface area contributed by atoms with Crippen molar-refractivity contribution in [1.82, 2.24) is 41.9 Å². The Hall–Kier alpha value is -6.57. The number of carboxylic acids is 2. The summed E-state index contributed by atoms with van der Waals surface area (Å²) in [7, 11) is 0. The zero-order valence-electron chi connectivity index (χ0n) is 39.0.